The number of hydrogen-bond acceptors (Lipinski definition) is 5. The molecular formula is C19H17ClN4OS2. The van der Waals surface area contributed by atoms with Crippen molar-refractivity contribution in [2.45, 2.75) is 30.5 Å². The van der Waals surface area contributed by atoms with Gasteiger partial charge in [0.2, 0.25) is 5.91 Å². The Morgan fingerprint density at radius 2 is 2.19 bits per heavy atom. The van der Waals surface area contributed by atoms with Crippen LogP contribution in [0.1, 0.15) is 18.9 Å². The van der Waals surface area contributed by atoms with Crippen LogP contribution in [0.2, 0.25) is 5.02 Å². The maximum Gasteiger partial charge on any atom is 0.237 e. The number of benzene rings is 1. The summed E-state index contributed by atoms with van der Waals surface area (Å²) >= 11 is 9.18. The van der Waals surface area contributed by atoms with E-state index in [4.69, 9.17) is 11.6 Å². The second kappa shape index (κ2) is 7.50. The van der Waals surface area contributed by atoms with Crippen molar-refractivity contribution in [2.75, 3.05) is 5.32 Å². The number of carbonyl (C=O) groups is 1. The Labute approximate surface area is 169 Å². The highest BCUT2D eigenvalue weighted by Gasteiger charge is 2.22. The SMILES string of the molecule is CC[C@@H](Sc1nncn2c1cc1sccc12)C(=O)Nc1cc(Cl)ccc1C. The van der Waals surface area contributed by atoms with E-state index in [1.807, 2.05) is 30.4 Å². The maximum atomic E-state index is 12.8. The van der Waals surface area contributed by atoms with Gasteiger partial charge in [-0.3, -0.25) is 9.20 Å². The lowest BCUT2D eigenvalue weighted by molar-refractivity contribution is -0.115. The molecule has 4 rings (SSSR count). The second-order valence-corrected chi connectivity index (χ2v) is 8.74. The fourth-order valence-corrected chi connectivity index (χ4v) is 4.85. The minimum absolute atomic E-state index is 0.0648. The van der Waals surface area contributed by atoms with Crippen LogP contribution in [0, 0.1) is 6.92 Å². The third kappa shape index (κ3) is 3.54. The third-order valence-corrected chi connectivity index (χ3v) is 6.80. The minimum Gasteiger partial charge on any atom is -0.325 e. The molecule has 1 aromatic carbocycles. The van der Waals surface area contributed by atoms with E-state index in [0.717, 1.165) is 27.3 Å². The number of thiophene rings is 1. The summed E-state index contributed by atoms with van der Waals surface area (Å²) in [7, 11) is 0. The van der Waals surface area contributed by atoms with E-state index in [1.54, 1.807) is 23.7 Å². The highest BCUT2D eigenvalue weighted by Crippen LogP contribution is 2.33. The molecule has 0 bridgehead atoms. The summed E-state index contributed by atoms with van der Waals surface area (Å²) in [5, 5.41) is 14.5. The van der Waals surface area contributed by atoms with Crippen LogP contribution < -0.4 is 5.32 Å². The second-order valence-electron chi connectivity index (χ2n) is 6.17. The molecule has 27 heavy (non-hydrogen) atoms. The normalized spacial score (nSPS) is 12.6. The molecule has 4 aromatic rings. The molecule has 5 nitrogen and oxygen atoms in total. The number of fused-ring (bicyclic) bond motifs is 3. The van der Waals surface area contributed by atoms with E-state index >= 15 is 0 Å². The predicted molar refractivity (Wildman–Crippen MR) is 113 cm³/mol. The lowest BCUT2D eigenvalue weighted by Gasteiger charge is -2.16. The first-order chi connectivity index (χ1) is 13.1. The summed E-state index contributed by atoms with van der Waals surface area (Å²) in [6.07, 6.45) is 2.39. The summed E-state index contributed by atoms with van der Waals surface area (Å²) in [4.78, 5) is 12.8. The Morgan fingerprint density at radius 3 is 3.00 bits per heavy atom. The van der Waals surface area contributed by atoms with Gasteiger partial charge in [-0.1, -0.05) is 36.4 Å². The summed E-state index contributed by atoms with van der Waals surface area (Å²) in [5.74, 6) is -0.0648. The molecule has 0 spiro atoms. The number of anilines is 1. The van der Waals surface area contributed by atoms with Crippen molar-refractivity contribution in [3.63, 3.8) is 0 Å². The van der Waals surface area contributed by atoms with E-state index in [2.05, 4.69) is 33.0 Å². The molecule has 0 fully saturated rings. The molecule has 0 aliphatic rings. The summed E-state index contributed by atoms with van der Waals surface area (Å²) in [6, 6.07) is 9.64. The van der Waals surface area contributed by atoms with Crippen molar-refractivity contribution in [2.24, 2.45) is 0 Å². The molecule has 0 saturated carbocycles. The molecule has 1 atom stereocenters. The summed E-state index contributed by atoms with van der Waals surface area (Å²) in [5.41, 5.74) is 3.79. The van der Waals surface area contributed by atoms with Crippen LogP contribution in [0.15, 0.2) is 47.1 Å². The number of halogens is 1. The number of carbonyl (C=O) groups excluding carboxylic acids is 1. The Balaban J connectivity index is 1.61. The zero-order chi connectivity index (χ0) is 19.0. The Morgan fingerprint density at radius 1 is 1.33 bits per heavy atom. The van der Waals surface area contributed by atoms with Gasteiger partial charge in [-0.15, -0.1) is 21.5 Å². The van der Waals surface area contributed by atoms with Gasteiger partial charge >= 0.3 is 0 Å². The average Bonchev–Trinajstić information content (AvgIpc) is 3.24. The molecule has 3 aromatic heterocycles. The highest BCUT2D eigenvalue weighted by atomic mass is 35.5. The zero-order valence-corrected chi connectivity index (χ0v) is 17.2. The van der Waals surface area contributed by atoms with Crippen molar-refractivity contribution >= 4 is 62.0 Å². The fraction of sp³-hybridized carbons (Fsp3) is 0.211. The number of hydrogen-bond donors (Lipinski definition) is 1. The van der Waals surface area contributed by atoms with Crippen molar-refractivity contribution in [1.82, 2.24) is 14.6 Å². The smallest absolute Gasteiger partial charge is 0.237 e. The third-order valence-electron chi connectivity index (χ3n) is 4.37. The summed E-state index contributed by atoms with van der Waals surface area (Å²) < 4.78 is 3.20. The van der Waals surface area contributed by atoms with E-state index in [0.29, 0.717) is 11.4 Å². The van der Waals surface area contributed by atoms with Gasteiger partial charge < -0.3 is 5.32 Å². The first-order valence-corrected chi connectivity index (χ1v) is 10.6. The first kappa shape index (κ1) is 18.3. The quantitative estimate of drug-likeness (QED) is 0.441. The number of rotatable bonds is 5. The molecule has 1 amide bonds. The van der Waals surface area contributed by atoms with Crippen molar-refractivity contribution in [3.05, 3.63) is 52.6 Å². The van der Waals surface area contributed by atoms with E-state index in [1.165, 1.54) is 16.5 Å². The van der Waals surface area contributed by atoms with E-state index in [9.17, 15) is 4.79 Å². The van der Waals surface area contributed by atoms with Crippen LogP contribution in [0.25, 0.3) is 15.7 Å². The molecule has 0 aliphatic carbocycles. The van der Waals surface area contributed by atoms with Crippen LogP contribution >= 0.6 is 34.7 Å². The van der Waals surface area contributed by atoms with Gasteiger partial charge in [-0.2, -0.15) is 0 Å². The standard InChI is InChI=1S/C19H17ClN4OS2/c1-3-16(18(25)22-13-8-12(20)5-4-11(13)2)27-19-15-9-17-14(6-7-26-17)24(15)10-21-23-19/h4-10,16H,3H2,1-2H3,(H,22,25)/t16-/m1/s1. The van der Waals surface area contributed by atoms with Gasteiger partial charge in [0.25, 0.3) is 0 Å². The predicted octanol–water partition coefficient (Wildman–Crippen LogP) is 5.42. The Hall–Kier alpha value is -2.09. The maximum absolute atomic E-state index is 12.8. The average molecular weight is 417 g/mol. The van der Waals surface area contributed by atoms with Crippen molar-refractivity contribution < 1.29 is 4.79 Å². The molecule has 8 heteroatoms. The lowest BCUT2D eigenvalue weighted by Crippen LogP contribution is -2.25. The van der Waals surface area contributed by atoms with Gasteiger partial charge in [0.1, 0.15) is 11.4 Å². The fourth-order valence-electron chi connectivity index (χ4n) is 2.90. The van der Waals surface area contributed by atoms with Crippen LogP contribution in [0.5, 0.6) is 0 Å². The number of amides is 1. The van der Waals surface area contributed by atoms with E-state index in [-0.39, 0.29) is 11.2 Å². The molecule has 0 radical (unpaired) electrons. The molecule has 138 valence electrons. The van der Waals surface area contributed by atoms with Crippen LogP contribution in [0.3, 0.4) is 0 Å². The number of nitrogens with zero attached hydrogens (tertiary/aromatic N) is 3. The molecule has 0 saturated heterocycles. The van der Waals surface area contributed by atoms with Gasteiger partial charge in [0.05, 0.1) is 21.0 Å². The number of thioether (sulfide) groups is 1. The summed E-state index contributed by atoms with van der Waals surface area (Å²) in [6.45, 7) is 3.94. The Kier molecular flexibility index (Phi) is 5.08. The van der Waals surface area contributed by atoms with Gasteiger partial charge in [-0.25, -0.2) is 0 Å². The van der Waals surface area contributed by atoms with Gasteiger partial charge in [0.15, 0.2) is 0 Å². The number of aromatic nitrogens is 3. The van der Waals surface area contributed by atoms with Crippen LogP contribution in [0.4, 0.5) is 5.69 Å². The van der Waals surface area contributed by atoms with Crippen molar-refractivity contribution in [1.29, 1.82) is 0 Å². The number of aryl methyl sites for hydroxylation is 1. The molecule has 0 unspecified atom stereocenters. The largest absolute Gasteiger partial charge is 0.325 e. The first-order valence-electron chi connectivity index (χ1n) is 8.50. The minimum atomic E-state index is -0.281. The number of nitrogens with one attached hydrogen (secondary N) is 1. The molecular weight excluding hydrogens is 400 g/mol. The highest BCUT2D eigenvalue weighted by molar-refractivity contribution is 8.00. The zero-order valence-electron chi connectivity index (χ0n) is 14.8. The van der Waals surface area contributed by atoms with Gasteiger partial charge in [-0.05, 0) is 48.6 Å². The molecule has 3 heterocycles. The van der Waals surface area contributed by atoms with E-state index < -0.39 is 0 Å². The van der Waals surface area contributed by atoms with Crippen LogP contribution in [-0.4, -0.2) is 25.8 Å². The topological polar surface area (TPSA) is 59.3 Å². The molecule has 1 N–H and O–H groups in total. The monoisotopic (exact) mass is 416 g/mol. The lowest BCUT2D eigenvalue weighted by atomic mass is 10.2. The van der Waals surface area contributed by atoms with Crippen molar-refractivity contribution in [3.8, 4) is 0 Å². The van der Waals surface area contributed by atoms with Crippen LogP contribution in [-0.2, 0) is 4.79 Å². The Bertz CT molecular complexity index is 1140. The molecule has 0 aliphatic heterocycles. The van der Waals surface area contributed by atoms with Gasteiger partial charge in [0, 0.05) is 10.7 Å².